The Labute approximate surface area is 88.3 Å². The maximum atomic E-state index is 11.3. The van der Waals surface area contributed by atoms with E-state index in [1.807, 2.05) is 43.5 Å². The highest BCUT2D eigenvalue weighted by atomic mass is 32.2. The van der Waals surface area contributed by atoms with Crippen molar-refractivity contribution >= 4 is 17.7 Å². The third kappa shape index (κ3) is 1.77. The minimum atomic E-state index is -0.790. The van der Waals surface area contributed by atoms with Gasteiger partial charge in [-0.25, -0.2) is 0 Å². The predicted molar refractivity (Wildman–Crippen MR) is 59.6 cm³/mol. The summed E-state index contributed by atoms with van der Waals surface area (Å²) in [5.41, 5.74) is 0.863. The maximum Gasteiger partial charge on any atom is 0.324 e. The first-order valence-corrected chi connectivity index (χ1v) is 5.74. The smallest absolute Gasteiger partial charge is 0.324 e. The fourth-order valence-corrected chi connectivity index (χ4v) is 2.37. The van der Waals surface area contributed by atoms with Crippen LogP contribution in [0.4, 0.5) is 0 Å². The largest absolute Gasteiger partial charge is 0.480 e. The number of benzene rings is 1. The van der Waals surface area contributed by atoms with E-state index in [1.54, 1.807) is 0 Å². The molecule has 0 aliphatic rings. The normalized spacial score (nSPS) is 14.7. The molecule has 0 aliphatic carbocycles. The van der Waals surface area contributed by atoms with Gasteiger partial charge in [-0.1, -0.05) is 37.3 Å². The molecule has 14 heavy (non-hydrogen) atoms. The highest BCUT2D eigenvalue weighted by molar-refractivity contribution is 8.00. The molecule has 0 spiro atoms. The summed E-state index contributed by atoms with van der Waals surface area (Å²) in [6, 6.07) is 9.38. The van der Waals surface area contributed by atoms with Gasteiger partial charge in [-0.15, -0.1) is 11.8 Å². The maximum absolute atomic E-state index is 11.3. The van der Waals surface area contributed by atoms with Crippen LogP contribution in [0.1, 0.15) is 18.9 Å². The molecule has 1 rings (SSSR count). The summed E-state index contributed by atoms with van der Waals surface area (Å²) in [6.45, 7) is 1.90. The fraction of sp³-hybridized carbons (Fsp3) is 0.364. The highest BCUT2D eigenvalue weighted by Gasteiger charge is 2.37. The van der Waals surface area contributed by atoms with Crippen molar-refractivity contribution in [1.29, 1.82) is 0 Å². The summed E-state index contributed by atoms with van der Waals surface area (Å²) in [6.07, 6.45) is 2.43. The Kier molecular flexibility index (Phi) is 3.58. The lowest BCUT2D eigenvalue weighted by Crippen LogP contribution is -2.31. The molecule has 1 unspecified atom stereocenters. The summed E-state index contributed by atoms with van der Waals surface area (Å²) in [5.74, 6) is -0.765. The van der Waals surface area contributed by atoms with E-state index in [0.29, 0.717) is 6.42 Å². The van der Waals surface area contributed by atoms with Crippen LogP contribution in [-0.4, -0.2) is 17.3 Å². The monoisotopic (exact) mass is 210 g/mol. The van der Waals surface area contributed by atoms with E-state index in [-0.39, 0.29) is 0 Å². The van der Waals surface area contributed by atoms with Crippen LogP contribution in [-0.2, 0) is 9.54 Å². The molecular weight excluding hydrogens is 196 g/mol. The molecule has 0 aliphatic heterocycles. The highest BCUT2D eigenvalue weighted by Crippen LogP contribution is 2.38. The second-order valence-corrected chi connectivity index (χ2v) is 4.16. The molecule has 0 saturated carbocycles. The number of thioether (sulfide) groups is 1. The average Bonchev–Trinajstić information content (AvgIpc) is 2.22. The molecule has 0 amide bonds. The molecule has 1 aromatic rings. The zero-order chi connectivity index (χ0) is 10.6. The summed E-state index contributed by atoms with van der Waals surface area (Å²) >= 11 is 1.38. The van der Waals surface area contributed by atoms with Gasteiger partial charge < -0.3 is 5.11 Å². The number of aliphatic carboxylic acids is 1. The molecule has 0 aromatic heterocycles. The van der Waals surface area contributed by atoms with Crippen molar-refractivity contribution < 1.29 is 9.90 Å². The predicted octanol–water partition coefficient (Wildman–Crippen LogP) is 2.74. The lowest BCUT2D eigenvalue weighted by molar-refractivity contribution is -0.140. The molecule has 1 N–H and O–H groups in total. The standard InChI is InChI=1S/C11H14O2S/c1-3-11(14-2,10(12)13)9-7-5-4-6-8-9/h4-8H,3H2,1-2H3,(H,12,13). The van der Waals surface area contributed by atoms with Gasteiger partial charge in [0.25, 0.3) is 0 Å². The van der Waals surface area contributed by atoms with E-state index < -0.39 is 10.7 Å². The van der Waals surface area contributed by atoms with Crippen molar-refractivity contribution in [3.63, 3.8) is 0 Å². The van der Waals surface area contributed by atoms with Gasteiger partial charge in [-0.3, -0.25) is 4.79 Å². The van der Waals surface area contributed by atoms with Crippen molar-refractivity contribution in [2.75, 3.05) is 6.26 Å². The van der Waals surface area contributed by atoms with E-state index in [0.717, 1.165) is 5.56 Å². The van der Waals surface area contributed by atoms with Crippen LogP contribution in [0.25, 0.3) is 0 Å². The first-order valence-electron chi connectivity index (χ1n) is 4.51. The van der Waals surface area contributed by atoms with Gasteiger partial charge in [0.2, 0.25) is 0 Å². The molecule has 2 nitrogen and oxygen atoms in total. The topological polar surface area (TPSA) is 37.3 Å². The van der Waals surface area contributed by atoms with Gasteiger partial charge in [0.15, 0.2) is 0 Å². The Morgan fingerprint density at radius 3 is 2.36 bits per heavy atom. The molecule has 0 bridgehead atoms. The minimum absolute atomic E-state index is 0.591. The van der Waals surface area contributed by atoms with Crippen molar-refractivity contribution in [3.05, 3.63) is 35.9 Å². The van der Waals surface area contributed by atoms with E-state index >= 15 is 0 Å². The lowest BCUT2D eigenvalue weighted by atomic mass is 9.95. The summed E-state index contributed by atoms with van der Waals surface area (Å²) < 4.78 is -0.790. The Morgan fingerprint density at radius 2 is 2.00 bits per heavy atom. The third-order valence-electron chi connectivity index (χ3n) is 2.43. The second kappa shape index (κ2) is 4.51. The average molecular weight is 210 g/mol. The molecule has 0 saturated heterocycles. The Morgan fingerprint density at radius 1 is 1.43 bits per heavy atom. The van der Waals surface area contributed by atoms with Gasteiger partial charge in [0.1, 0.15) is 4.75 Å². The van der Waals surface area contributed by atoms with Crippen LogP contribution in [0.5, 0.6) is 0 Å². The molecule has 0 radical (unpaired) electrons. The van der Waals surface area contributed by atoms with Gasteiger partial charge >= 0.3 is 5.97 Å². The molecule has 0 heterocycles. The number of carboxylic acid groups (broad SMARTS) is 1. The zero-order valence-electron chi connectivity index (χ0n) is 8.36. The van der Waals surface area contributed by atoms with Gasteiger partial charge in [0.05, 0.1) is 0 Å². The van der Waals surface area contributed by atoms with Crippen LogP contribution >= 0.6 is 11.8 Å². The first kappa shape index (κ1) is 11.1. The Hall–Kier alpha value is -0.960. The van der Waals surface area contributed by atoms with Crippen LogP contribution in [0, 0.1) is 0 Å². The van der Waals surface area contributed by atoms with E-state index in [2.05, 4.69) is 0 Å². The van der Waals surface area contributed by atoms with Crippen molar-refractivity contribution in [1.82, 2.24) is 0 Å². The van der Waals surface area contributed by atoms with E-state index in [4.69, 9.17) is 0 Å². The van der Waals surface area contributed by atoms with Crippen molar-refractivity contribution in [3.8, 4) is 0 Å². The van der Waals surface area contributed by atoms with Crippen molar-refractivity contribution in [2.24, 2.45) is 0 Å². The molecule has 1 atom stereocenters. The van der Waals surface area contributed by atoms with Crippen LogP contribution in [0.3, 0.4) is 0 Å². The Balaban J connectivity index is 3.18. The molecule has 3 heteroatoms. The molecule has 0 fully saturated rings. The molecule has 76 valence electrons. The number of carboxylic acids is 1. The molecule has 1 aromatic carbocycles. The molecular formula is C11H14O2S. The number of rotatable bonds is 4. The number of carbonyl (C=O) groups is 1. The second-order valence-electron chi connectivity index (χ2n) is 3.06. The van der Waals surface area contributed by atoms with Crippen molar-refractivity contribution in [2.45, 2.75) is 18.1 Å². The summed E-state index contributed by atoms with van der Waals surface area (Å²) in [5, 5.41) is 9.26. The lowest BCUT2D eigenvalue weighted by Gasteiger charge is -2.26. The third-order valence-corrected chi connectivity index (χ3v) is 3.83. The number of hydrogen-bond donors (Lipinski definition) is 1. The number of hydrogen-bond acceptors (Lipinski definition) is 2. The minimum Gasteiger partial charge on any atom is -0.480 e. The Bertz CT molecular complexity index is 304. The SMILES string of the molecule is CCC(SC)(C(=O)O)c1ccccc1. The van der Waals surface area contributed by atoms with Crippen LogP contribution in [0.2, 0.25) is 0 Å². The van der Waals surface area contributed by atoms with E-state index in [9.17, 15) is 9.90 Å². The zero-order valence-corrected chi connectivity index (χ0v) is 9.17. The summed E-state index contributed by atoms with van der Waals surface area (Å²) in [7, 11) is 0. The van der Waals surface area contributed by atoms with Gasteiger partial charge in [-0.05, 0) is 18.2 Å². The quantitative estimate of drug-likeness (QED) is 0.830. The van der Waals surface area contributed by atoms with Crippen LogP contribution in [0.15, 0.2) is 30.3 Å². The van der Waals surface area contributed by atoms with E-state index in [1.165, 1.54) is 11.8 Å². The summed E-state index contributed by atoms with van der Waals surface area (Å²) in [4.78, 5) is 11.3. The fourth-order valence-electron chi connectivity index (χ4n) is 1.54. The van der Waals surface area contributed by atoms with Gasteiger partial charge in [0, 0.05) is 0 Å². The van der Waals surface area contributed by atoms with Crippen LogP contribution < -0.4 is 0 Å². The van der Waals surface area contributed by atoms with Gasteiger partial charge in [-0.2, -0.15) is 0 Å². The first-order chi connectivity index (χ1) is 6.67.